The quantitative estimate of drug-likeness (QED) is 0.739. The van der Waals surface area contributed by atoms with Crippen molar-refractivity contribution in [1.82, 2.24) is 10.3 Å². The van der Waals surface area contributed by atoms with Gasteiger partial charge in [0, 0.05) is 6.54 Å². The largest absolute Gasteiger partial charge is 0.416 e. The molecule has 4 nitrogen and oxygen atoms in total. The average molecular weight is 366 g/mol. The van der Waals surface area contributed by atoms with Crippen molar-refractivity contribution in [3.8, 4) is 0 Å². The SMILES string of the molecule is O=C(NCC(O)c1ccc(C(F)(F)F)cc1)c1nc2ccccc2s1. The molecule has 2 aromatic carbocycles. The highest BCUT2D eigenvalue weighted by molar-refractivity contribution is 7.20. The number of aromatic nitrogens is 1. The number of carbonyl (C=O) groups is 1. The minimum absolute atomic E-state index is 0.125. The molecular weight excluding hydrogens is 353 g/mol. The van der Waals surface area contributed by atoms with E-state index in [1.165, 1.54) is 23.5 Å². The highest BCUT2D eigenvalue weighted by Gasteiger charge is 2.30. The Balaban J connectivity index is 1.63. The first kappa shape index (κ1) is 17.4. The van der Waals surface area contributed by atoms with Crippen LogP contribution in [0.5, 0.6) is 0 Å². The molecule has 0 aliphatic carbocycles. The topological polar surface area (TPSA) is 62.2 Å². The highest BCUT2D eigenvalue weighted by atomic mass is 32.1. The molecule has 0 fully saturated rings. The number of halogens is 3. The number of amides is 1. The number of thiazole rings is 1. The first-order valence-corrected chi connectivity index (χ1v) is 8.15. The molecule has 1 atom stereocenters. The predicted molar refractivity (Wildman–Crippen MR) is 88.4 cm³/mol. The van der Waals surface area contributed by atoms with E-state index < -0.39 is 23.8 Å². The molecule has 0 radical (unpaired) electrons. The summed E-state index contributed by atoms with van der Waals surface area (Å²) in [6, 6.07) is 11.5. The fraction of sp³-hybridized carbons (Fsp3) is 0.176. The second-order valence-corrected chi connectivity index (χ2v) is 6.36. The number of carbonyl (C=O) groups excluding carboxylic acids is 1. The minimum atomic E-state index is -4.43. The molecule has 130 valence electrons. The van der Waals surface area contributed by atoms with Crippen LogP contribution in [0, 0.1) is 0 Å². The third-order valence-electron chi connectivity index (χ3n) is 3.57. The monoisotopic (exact) mass is 366 g/mol. The Kier molecular flexibility index (Phi) is 4.73. The van der Waals surface area contributed by atoms with Crippen molar-refractivity contribution in [2.75, 3.05) is 6.54 Å². The van der Waals surface area contributed by atoms with E-state index in [9.17, 15) is 23.1 Å². The summed E-state index contributed by atoms with van der Waals surface area (Å²) < 4.78 is 38.4. The summed E-state index contributed by atoms with van der Waals surface area (Å²) in [5, 5.41) is 12.8. The Labute approximate surface area is 144 Å². The zero-order valence-corrected chi connectivity index (χ0v) is 13.6. The molecule has 1 amide bonds. The van der Waals surface area contributed by atoms with E-state index >= 15 is 0 Å². The van der Waals surface area contributed by atoms with Gasteiger partial charge in [0.15, 0.2) is 5.01 Å². The maximum atomic E-state index is 12.5. The molecule has 0 saturated heterocycles. The Morgan fingerprint density at radius 3 is 2.48 bits per heavy atom. The molecule has 0 aliphatic rings. The van der Waals surface area contributed by atoms with Crippen molar-refractivity contribution in [3.05, 3.63) is 64.7 Å². The van der Waals surface area contributed by atoms with Crippen LogP contribution in [-0.4, -0.2) is 22.5 Å². The van der Waals surface area contributed by atoms with Crippen molar-refractivity contribution in [2.24, 2.45) is 0 Å². The molecule has 3 aromatic rings. The number of fused-ring (bicyclic) bond motifs is 1. The minimum Gasteiger partial charge on any atom is -0.387 e. The fourth-order valence-electron chi connectivity index (χ4n) is 2.25. The standard InChI is InChI=1S/C17H13F3N2O2S/c18-17(19,20)11-7-5-10(6-8-11)13(23)9-21-15(24)16-22-12-3-1-2-4-14(12)25-16/h1-8,13,23H,9H2,(H,21,24). The van der Waals surface area contributed by atoms with Crippen molar-refractivity contribution >= 4 is 27.5 Å². The van der Waals surface area contributed by atoms with E-state index in [4.69, 9.17) is 0 Å². The number of nitrogens with zero attached hydrogens (tertiary/aromatic N) is 1. The summed E-state index contributed by atoms with van der Waals surface area (Å²) >= 11 is 1.23. The van der Waals surface area contributed by atoms with Gasteiger partial charge >= 0.3 is 6.18 Å². The number of hydrogen-bond acceptors (Lipinski definition) is 4. The molecule has 1 heterocycles. The maximum absolute atomic E-state index is 12.5. The molecule has 1 unspecified atom stereocenters. The van der Waals surface area contributed by atoms with Crippen LogP contribution >= 0.6 is 11.3 Å². The Bertz CT molecular complexity index is 858. The Morgan fingerprint density at radius 1 is 1.16 bits per heavy atom. The van der Waals surface area contributed by atoms with Crippen LogP contribution in [-0.2, 0) is 6.18 Å². The normalized spacial score (nSPS) is 13.0. The van der Waals surface area contributed by atoms with Gasteiger partial charge in [-0.05, 0) is 29.8 Å². The first-order chi connectivity index (χ1) is 11.8. The molecular formula is C17H13F3N2O2S. The third-order valence-corrected chi connectivity index (χ3v) is 4.60. The van der Waals surface area contributed by atoms with Crippen molar-refractivity contribution < 1.29 is 23.1 Å². The van der Waals surface area contributed by atoms with E-state index in [1.54, 1.807) is 6.07 Å². The Hall–Kier alpha value is -2.45. The lowest BCUT2D eigenvalue weighted by atomic mass is 10.1. The Morgan fingerprint density at radius 2 is 1.84 bits per heavy atom. The molecule has 2 N–H and O–H groups in total. The molecule has 0 spiro atoms. The van der Waals surface area contributed by atoms with E-state index in [-0.39, 0.29) is 17.1 Å². The lowest BCUT2D eigenvalue weighted by Gasteiger charge is -2.13. The van der Waals surface area contributed by atoms with Gasteiger partial charge in [0.05, 0.1) is 21.9 Å². The zero-order chi connectivity index (χ0) is 18.0. The second kappa shape index (κ2) is 6.81. The van der Waals surface area contributed by atoms with Crippen molar-refractivity contribution in [1.29, 1.82) is 0 Å². The van der Waals surface area contributed by atoms with Gasteiger partial charge in [-0.3, -0.25) is 4.79 Å². The summed E-state index contributed by atoms with van der Waals surface area (Å²) in [4.78, 5) is 16.3. The van der Waals surface area contributed by atoms with Crippen LogP contribution in [0.15, 0.2) is 48.5 Å². The van der Waals surface area contributed by atoms with Gasteiger partial charge in [0.2, 0.25) is 0 Å². The maximum Gasteiger partial charge on any atom is 0.416 e. The number of aliphatic hydroxyl groups excluding tert-OH is 1. The summed E-state index contributed by atoms with van der Waals surface area (Å²) in [6.45, 7) is -0.125. The van der Waals surface area contributed by atoms with Crippen LogP contribution in [0.4, 0.5) is 13.2 Å². The van der Waals surface area contributed by atoms with E-state index in [2.05, 4.69) is 10.3 Å². The first-order valence-electron chi connectivity index (χ1n) is 7.33. The molecule has 8 heteroatoms. The lowest BCUT2D eigenvalue weighted by molar-refractivity contribution is -0.137. The van der Waals surface area contributed by atoms with Gasteiger partial charge in [0.1, 0.15) is 0 Å². The summed E-state index contributed by atoms with van der Waals surface area (Å²) in [6.07, 6.45) is -5.54. The lowest BCUT2D eigenvalue weighted by Crippen LogP contribution is -2.28. The van der Waals surface area contributed by atoms with Crippen LogP contribution in [0.25, 0.3) is 10.2 Å². The number of rotatable bonds is 4. The molecule has 1 aromatic heterocycles. The number of alkyl halides is 3. The number of hydrogen-bond donors (Lipinski definition) is 2. The number of para-hydroxylation sites is 1. The number of benzene rings is 2. The summed E-state index contributed by atoms with van der Waals surface area (Å²) in [5.41, 5.74) is 0.209. The van der Waals surface area contributed by atoms with Crippen LogP contribution in [0.3, 0.4) is 0 Å². The molecule has 3 rings (SSSR count). The van der Waals surface area contributed by atoms with Crippen molar-refractivity contribution in [3.63, 3.8) is 0 Å². The van der Waals surface area contributed by atoms with Crippen LogP contribution in [0.2, 0.25) is 0 Å². The summed E-state index contributed by atoms with van der Waals surface area (Å²) in [7, 11) is 0. The van der Waals surface area contributed by atoms with E-state index in [0.717, 1.165) is 16.8 Å². The summed E-state index contributed by atoms with van der Waals surface area (Å²) in [5.74, 6) is -0.438. The van der Waals surface area contributed by atoms with Gasteiger partial charge in [-0.25, -0.2) is 4.98 Å². The smallest absolute Gasteiger partial charge is 0.387 e. The molecule has 0 saturated carbocycles. The number of nitrogens with one attached hydrogen (secondary N) is 1. The van der Waals surface area contributed by atoms with Crippen LogP contribution < -0.4 is 5.32 Å². The van der Waals surface area contributed by atoms with Crippen molar-refractivity contribution in [2.45, 2.75) is 12.3 Å². The molecule has 25 heavy (non-hydrogen) atoms. The molecule has 0 aliphatic heterocycles. The zero-order valence-electron chi connectivity index (χ0n) is 12.7. The highest BCUT2D eigenvalue weighted by Crippen LogP contribution is 2.30. The van der Waals surface area contributed by atoms with Gasteiger partial charge < -0.3 is 10.4 Å². The van der Waals surface area contributed by atoms with Gasteiger partial charge in [0.25, 0.3) is 5.91 Å². The average Bonchev–Trinajstić information content (AvgIpc) is 3.03. The molecule has 0 bridgehead atoms. The fourth-order valence-corrected chi connectivity index (χ4v) is 3.13. The van der Waals surface area contributed by atoms with Gasteiger partial charge in [-0.15, -0.1) is 11.3 Å². The van der Waals surface area contributed by atoms with Crippen LogP contribution in [0.1, 0.15) is 27.0 Å². The predicted octanol–water partition coefficient (Wildman–Crippen LogP) is 3.78. The number of aliphatic hydroxyl groups is 1. The van der Waals surface area contributed by atoms with Gasteiger partial charge in [-0.2, -0.15) is 13.2 Å². The van der Waals surface area contributed by atoms with E-state index in [0.29, 0.717) is 5.52 Å². The van der Waals surface area contributed by atoms with Gasteiger partial charge in [-0.1, -0.05) is 24.3 Å². The third kappa shape index (κ3) is 3.97. The van der Waals surface area contributed by atoms with E-state index in [1.807, 2.05) is 18.2 Å². The second-order valence-electron chi connectivity index (χ2n) is 5.33.